The number of aromatic nitrogens is 3. The Morgan fingerprint density at radius 1 is 0.765 bits per heavy atom. The maximum absolute atomic E-state index is 5.57. The number of nitrogen functional groups attached to an aromatic ring is 1. The molecule has 0 saturated carbocycles. The molecule has 0 amide bonds. The number of rotatable bonds is 2. The molecule has 0 aliphatic carbocycles. The van der Waals surface area contributed by atoms with Crippen molar-refractivity contribution in [3.05, 3.63) is 0 Å². The van der Waals surface area contributed by atoms with Gasteiger partial charge in [0.2, 0.25) is 5.95 Å². The number of hydrogen-bond acceptors (Lipinski definition) is 6. The highest BCUT2D eigenvalue weighted by molar-refractivity contribution is 5.20. The quantitative estimate of drug-likeness (QED) is 0.848. The molecule has 0 radical (unpaired) electrons. The van der Waals surface area contributed by atoms with Crippen molar-refractivity contribution < 1.29 is 9.47 Å². The fraction of sp³-hybridized carbons (Fsp3) is 0.727. The van der Waals surface area contributed by atoms with E-state index >= 15 is 0 Å². The second-order valence-corrected chi connectivity index (χ2v) is 5.69. The van der Waals surface area contributed by atoms with E-state index in [0.717, 1.165) is 0 Å². The van der Waals surface area contributed by atoms with E-state index in [2.05, 4.69) is 15.0 Å². The molecule has 0 aromatic carbocycles. The number of ether oxygens (including phenoxy) is 2. The lowest BCUT2D eigenvalue weighted by atomic mass is 10.2. The Bertz CT molecular complexity index is 359. The Morgan fingerprint density at radius 2 is 1.12 bits per heavy atom. The van der Waals surface area contributed by atoms with Crippen LogP contribution in [0.4, 0.5) is 5.95 Å². The van der Waals surface area contributed by atoms with Gasteiger partial charge in [0.25, 0.3) is 0 Å². The van der Waals surface area contributed by atoms with Crippen molar-refractivity contribution in [1.82, 2.24) is 15.0 Å². The molecule has 0 fully saturated rings. The highest BCUT2D eigenvalue weighted by Gasteiger charge is 2.19. The van der Waals surface area contributed by atoms with Gasteiger partial charge in [0.15, 0.2) is 0 Å². The van der Waals surface area contributed by atoms with Crippen molar-refractivity contribution in [2.45, 2.75) is 52.7 Å². The lowest BCUT2D eigenvalue weighted by Crippen LogP contribution is -2.27. The minimum absolute atomic E-state index is 0.0819. The average molecular weight is 240 g/mol. The van der Waals surface area contributed by atoms with Crippen LogP contribution >= 0.6 is 0 Å². The lowest BCUT2D eigenvalue weighted by Gasteiger charge is -2.22. The van der Waals surface area contributed by atoms with Gasteiger partial charge >= 0.3 is 12.0 Å². The van der Waals surface area contributed by atoms with Crippen molar-refractivity contribution in [3.63, 3.8) is 0 Å². The second kappa shape index (κ2) is 4.35. The van der Waals surface area contributed by atoms with Crippen LogP contribution in [-0.4, -0.2) is 26.2 Å². The minimum Gasteiger partial charge on any atom is -0.458 e. The zero-order valence-corrected chi connectivity index (χ0v) is 11.2. The van der Waals surface area contributed by atoms with Crippen LogP contribution in [0.5, 0.6) is 12.0 Å². The Kier molecular flexibility index (Phi) is 3.45. The summed E-state index contributed by atoms with van der Waals surface area (Å²) in [5.74, 6) is 0.0819. The molecule has 0 atom stereocenters. The van der Waals surface area contributed by atoms with Gasteiger partial charge in [-0.3, -0.25) is 0 Å². The summed E-state index contributed by atoms with van der Waals surface area (Å²) >= 11 is 0. The van der Waals surface area contributed by atoms with Gasteiger partial charge in [0, 0.05) is 0 Å². The molecule has 0 aliphatic heterocycles. The molecule has 0 saturated heterocycles. The average Bonchev–Trinajstić information content (AvgIpc) is 1.93. The van der Waals surface area contributed by atoms with Gasteiger partial charge in [-0.05, 0) is 41.5 Å². The Balaban J connectivity index is 2.95. The summed E-state index contributed by atoms with van der Waals surface area (Å²) in [5, 5.41) is 0. The predicted octanol–water partition coefficient (Wildman–Crippen LogP) is 1.81. The Hall–Kier alpha value is -1.59. The summed E-state index contributed by atoms with van der Waals surface area (Å²) in [4.78, 5) is 11.9. The molecular formula is C11H20N4O2. The first-order chi connectivity index (χ1) is 7.55. The van der Waals surface area contributed by atoms with Crippen molar-refractivity contribution in [2.24, 2.45) is 0 Å². The van der Waals surface area contributed by atoms with E-state index < -0.39 is 11.2 Å². The molecule has 0 bridgehead atoms. The fourth-order valence-electron chi connectivity index (χ4n) is 0.992. The zero-order chi connectivity index (χ0) is 13.3. The molecule has 96 valence electrons. The smallest absolute Gasteiger partial charge is 0.324 e. The SMILES string of the molecule is CC(C)(C)Oc1nc(N)nc(OC(C)(C)C)n1. The molecule has 1 aromatic heterocycles. The second-order valence-electron chi connectivity index (χ2n) is 5.69. The predicted molar refractivity (Wildman–Crippen MR) is 65.0 cm³/mol. The summed E-state index contributed by atoms with van der Waals surface area (Å²) in [6, 6.07) is 0.341. The van der Waals surface area contributed by atoms with E-state index in [1.54, 1.807) is 0 Å². The van der Waals surface area contributed by atoms with Gasteiger partial charge in [0.1, 0.15) is 11.2 Å². The number of hydrogen-bond donors (Lipinski definition) is 1. The fourth-order valence-corrected chi connectivity index (χ4v) is 0.992. The van der Waals surface area contributed by atoms with Gasteiger partial charge in [-0.2, -0.15) is 9.97 Å². The third-order valence-electron chi connectivity index (χ3n) is 1.41. The molecule has 6 heteroatoms. The maximum atomic E-state index is 5.57. The van der Waals surface area contributed by atoms with Gasteiger partial charge < -0.3 is 15.2 Å². The summed E-state index contributed by atoms with van der Waals surface area (Å²) in [7, 11) is 0. The highest BCUT2D eigenvalue weighted by Crippen LogP contribution is 2.19. The highest BCUT2D eigenvalue weighted by atomic mass is 16.5. The maximum Gasteiger partial charge on any atom is 0.324 e. The van der Waals surface area contributed by atoms with E-state index in [1.165, 1.54) is 0 Å². The number of anilines is 1. The van der Waals surface area contributed by atoms with Gasteiger partial charge in [-0.15, -0.1) is 4.98 Å². The van der Waals surface area contributed by atoms with Crippen LogP contribution in [0.2, 0.25) is 0 Å². The van der Waals surface area contributed by atoms with Crippen LogP contribution in [0.25, 0.3) is 0 Å². The normalized spacial score (nSPS) is 12.4. The standard InChI is InChI=1S/C11H20N4O2/c1-10(2,3)16-8-13-7(12)14-9(15-8)17-11(4,5)6/h1-6H3,(H2,12,13,14,15). The van der Waals surface area contributed by atoms with E-state index in [0.29, 0.717) is 0 Å². The van der Waals surface area contributed by atoms with Gasteiger partial charge in [-0.1, -0.05) is 0 Å². The third kappa shape index (κ3) is 5.33. The molecule has 2 N–H and O–H groups in total. The van der Waals surface area contributed by atoms with Crippen LogP contribution in [0, 0.1) is 0 Å². The van der Waals surface area contributed by atoms with Gasteiger partial charge in [0.05, 0.1) is 0 Å². The number of nitrogens with zero attached hydrogens (tertiary/aromatic N) is 3. The lowest BCUT2D eigenvalue weighted by molar-refractivity contribution is 0.0986. The Labute approximate surface area is 102 Å². The number of nitrogens with two attached hydrogens (primary N) is 1. The molecule has 1 heterocycles. The summed E-state index contributed by atoms with van der Waals surface area (Å²) < 4.78 is 11.0. The summed E-state index contributed by atoms with van der Waals surface area (Å²) in [5.41, 5.74) is 4.78. The molecule has 1 aromatic rings. The first-order valence-corrected chi connectivity index (χ1v) is 5.45. The van der Waals surface area contributed by atoms with E-state index in [4.69, 9.17) is 15.2 Å². The summed E-state index contributed by atoms with van der Waals surface area (Å²) in [6.07, 6.45) is 0. The molecule has 17 heavy (non-hydrogen) atoms. The molecule has 0 spiro atoms. The van der Waals surface area contributed by atoms with E-state index in [-0.39, 0.29) is 18.0 Å². The van der Waals surface area contributed by atoms with E-state index in [9.17, 15) is 0 Å². The molecule has 0 unspecified atom stereocenters. The zero-order valence-electron chi connectivity index (χ0n) is 11.2. The first-order valence-electron chi connectivity index (χ1n) is 5.45. The van der Waals surface area contributed by atoms with Crippen molar-refractivity contribution >= 4 is 5.95 Å². The van der Waals surface area contributed by atoms with Crippen molar-refractivity contribution in [2.75, 3.05) is 5.73 Å². The minimum atomic E-state index is -0.396. The van der Waals surface area contributed by atoms with Gasteiger partial charge in [-0.25, -0.2) is 0 Å². The Morgan fingerprint density at radius 3 is 1.41 bits per heavy atom. The molecular weight excluding hydrogens is 220 g/mol. The van der Waals surface area contributed by atoms with Crippen molar-refractivity contribution in [3.8, 4) is 12.0 Å². The largest absolute Gasteiger partial charge is 0.458 e. The molecule has 6 nitrogen and oxygen atoms in total. The third-order valence-corrected chi connectivity index (χ3v) is 1.41. The molecule has 1 rings (SSSR count). The first kappa shape index (κ1) is 13.5. The van der Waals surface area contributed by atoms with Crippen LogP contribution in [0.15, 0.2) is 0 Å². The monoisotopic (exact) mass is 240 g/mol. The van der Waals surface area contributed by atoms with Crippen LogP contribution < -0.4 is 15.2 Å². The molecule has 0 aliphatic rings. The van der Waals surface area contributed by atoms with Crippen LogP contribution in [-0.2, 0) is 0 Å². The summed E-state index contributed by atoms with van der Waals surface area (Å²) in [6.45, 7) is 11.4. The van der Waals surface area contributed by atoms with Crippen LogP contribution in [0.1, 0.15) is 41.5 Å². The van der Waals surface area contributed by atoms with Crippen LogP contribution in [0.3, 0.4) is 0 Å². The topological polar surface area (TPSA) is 83.2 Å². The van der Waals surface area contributed by atoms with Crippen molar-refractivity contribution in [1.29, 1.82) is 0 Å². The van der Waals surface area contributed by atoms with E-state index in [1.807, 2.05) is 41.5 Å².